The SMILES string of the molecule is CC(=O)N1CCN(CC(=O)Nc2cc(Cl)ccc2C#N)CC1. The summed E-state index contributed by atoms with van der Waals surface area (Å²) in [6, 6.07) is 6.76. The van der Waals surface area contributed by atoms with Gasteiger partial charge in [-0.2, -0.15) is 5.26 Å². The number of rotatable bonds is 3. The van der Waals surface area contributed by atoms with E-state index in [-0.39, 0.29) is 18.4 Å². The summed E-state index contributed by atoms with van der Waals surface area (Å²) in [6.45, 7) is 4.35. The Balaban J connectivity index is 1.90. The second-order valence-electron chi connectivity index (χ2n) is 5.13. The molecule has 116 valence electrons. The predicted octanol–water partition coefficient (Wildman–Crippen LogP) is 1.31. The maximum atomic E-state index is 12.1. The zero-order valence-corrected chi connectivity index (χ0v) is 13.1. The molecule has 0 spiro atoms. The van der Waals surface area contributed by atoms with Gasteiger partial charge in [0.2, 0.25) is 11.8 Å². The number of hydrogen-bond acceptors (Lipinski definition) is 4. The number of nitrogens with zero attached hydrogens (tertiary/aromatic N) is 3. The zero-order valence-electron chi connectivity index (χ0n) is 12.3. The van der Waals surface area contributed by atoms with Gasteiger partial charge in [-0.15, -0.1) is 0 Å². The van der Waals surface area contributed by atoms with Gasteiger partial charge in [0.15, 0.2) is 0 Å². The Morgan fingerprint density at radius 3 is 2.59 bits per heavy atom. The largest absolute Gasteiger partial charge is 0.340 e. The summed E-state index contributed by atoms with van der Waals surface area (Å²) < 4.78 is 0. The van der Waals surface area contributed by atoms with E-state index in [1.807, 2.05) is 11.0 Å². The average molecular weight is 321 g/mol. The lowest BCUT2D eigenvalue weighted by Crippen LogP contribution is -2.49. The normalized spacial score (nSPS) is 15.2. The Bertz CT molecular complexity index is 618. The van der Waals surface area contributed by atoms with E-state index in [0.29, 0.717) is 42.5 Å². The molecule has 1 saturated heterocycles. The van der Waals surface area contributed by atoms with Gasteiger partial charge >= 0.3 is 0 Å². The van der Waals surface area contributed by atoms with Crippen LogP contribution in [0.4, 0.5) is 5.69 Å². The third-order valence-corrected chi connectivity index (χ3v) is 3.80. The van der Waals surface area contributed by atoms with Gasteiger partial charge in [-0.05, 0) is 18.2 Å². The van der Waals surface area contributed by atoms with Gasteiger partial charge in [0.1, 0.15) is 6.07 Å². The van der Waals surface area contributed by atoms with Crippen LogP contribution in [0.1, 0.15) is 12.5 Å². The minimum Gasteiger partial charge on any atom is -0.340 e. The molecule has 22 heavy (non-hydrogen) atoms. The van der Waals surface area contributed by atoms with Crippen LogP contribution >= 0.6 is 11.6 Å². The van der Waals surface area contributed by atoms with Gasteiger partial charge in [0.25, 0.3) is 0 Å². The molecular weight excluding hydrogens is 304 g/mol. The van der Waals surface area contributed by atoms with Crippen LogP contribution < -0.4 is 5.32 Å². The fraction of sp³-hybridized carbons (Fsp3) is 0.400. The first-order chi connectivity index (χ1) is 10.5. The van der Waals surface area contributed by atoms with E-state index in [4.69, 9.17) is 16.9 Å². The van der Waals surface area contributed by atoms with E-state index in [1.165, 1.54) is 0 Å². The minimum atomic E-state index is -0.199. The molecule has 7 heteroatoms. The quantitative estimate of drug-likeness (QED) is 0.911. The van der Waals surface area contributed by atoms with Crippen molar-refractivity contribution < 1.29 is 9.59 Å². The minimum absolute atomic E-state index is 0.0571. The molecule has 6 nitrogen and oxygen atoms in total. The lowest BCUT2D eigenvalue weighted by Gasteiger charge is -2.33. The molecule has 0 radical (unpaired) electrons. The standard InChI is InChI=1S/C15H17ClN4O2/c1-11(21)20-6-4-19(5-7-20)10-15(22)18-14-8-13(16)3-2-12(14)9-17/h2-3,8H,4-7,10H2,1H3,(H,18,22). The van der Waals surface area contributed by atoms with E-state index in [2.05, 4.69) is 5.32 Å². The van der Waals surface area contributed by atoms with Crippen molar-refractivity contribution in [2.24, 2.45) is 0 Å². The molecule has 1 heterocycles. The second kappa shape index (κ2) is 7.25. The Labute approximate surface area is 134 Å². The molecule has 2 amide bonds. The van der Waals surface area contributed by atoms with Crippen molar-refractivity contribution in [3.63, 3.8) is 0 Å². The number of hydrogen-bond donors (Lipinski definition) is 1. The third kappa shape index (κ3) is 4.20. The lowest BCUT2D eigenvalue weighted by molar-refractivity contribution is -0.130. The van der Waals surface area contributed by atoms with E-state index in [1.54, 1.807) is 30.0 Å². The summed E-state index contributed by atoms with van der Waals surface area (Å²) in [6.07, 6.45) is 0. The van der Waals surface area contributed by atoms with Crippen LogP contribution in [-0.2, 0) is 9.59 Å². The molecule has 0 bridgehead atoms. The summed E-state index contributed by atoms with van der Waals surface area (Å²) >= 11 is 5.89. The van der Waals surface area contributed by atoms with E-state index >= 15 is 0 Å². The van der Waals surface area contributed by atoms with E-state index in [0.717, 1.165) is 0 Å². The van der Waals surface area contributed by atoms with Crippen LogP contribution in [0.25, 0.3) is 0 Å². The van der Waals surface area contributed by atoms with Crippen LogP contribution in [0.2, 0.25) is 5.02 Å². The van der Waals surface area contributed by atoms with Crippen LogP contribution in [0.15, 0.2) is 18.2 Å². The number of anilines is 1. The van der Waals surface area contributed by atoms with Gasteiger partial charge in [0, 0.05) is 38.1 Å². The number of nitriles is 1. The second-order valence-corrected chi connectivity index (χ2v) is 5.57. The number of benzene rings is 1. The predicted molar refractivity (Wildman–Crippen MR) is 83.5 cm³/mol. The molecule has 0 saturated carbocycles. The first-order valence-electron chi connectivity index (χ1n) is 6.97. The number of halogens is 1. The van der Waals surface area contributed by atoms with Gasteiger partial charge in [-0.25, -0.2) is 0 Å². The molecule has 1 aromatic carbocycles. The molecule has 0 unspecified atom stereocenters. The molecule has 2 rings (SSSR count). The highest BCUT2D eigenvalue weighted by molar-refractivity contribution is 6.31. The highest BCUT2D eigenvalue weighted by Gasteiger charge is 2.20. The number of carbonyl (C=O) groups is 2. The molecule has 1 aromatic rings. The Morgan fingerprint density at radius 2 is 2.00 bits per heavy atom. The van der Waals surface area contributed by atoms with Crippen molar-refractivity contribution >= 4 is 29.1 Å². The van der Waals surface area contributed by atoms with Crippen molar-refractivity contribution in [2.45, 2.75) is 6.92 Å². The topological polar surface area (TPSA) is 76.4 Å². The Hall–Kier alpha value is -2.10. The number of carbonyl (C=O) groups excluding carboxylic acids is 2. The number of nitrogens with one attached hydrogen (secondary N) is 1. The van der Waals surface area contributed by atoms with Crippen LogP contribution in [0.3, 0.4) is 0 Å². The zero-order chi connectivity index (χ0) is 16.1. The Morgan fingerprint density at radius 1 is 1.32 bits per heavy atom. The first-order valence-corrected chi connectivity index (χ1v) is 7.35. The molecule has 0 aliphatic carbocycles. The molecule has 1 aliphatic rings. The molecule has 1 N–H and O–H groups in total. The summed E-state index contributed by atoms with van der Waals surface area (Å²) in [5.74, 6) is -0.142. The van der Waals surface area contributed by atoms with Gasteiger partial charge < -0.3 is 10.2 Å². The van der Waals surface area contributed by atoms with Crippen molar-refractivity contribution in [3.05, 3.63) is 28.8 Å². The molecular formula is C15H17ClN4O2. The van der Waals surface area contributed by atoms with Crippen molar-refractivity contribution in [1.82, 2.24) is 9.80 Å². The molecule has 1 fully saturated rings. The summed E-state index contributed by atoms with van der Waals surface area (Å²) in [7, 11) is 0. The number of amides is 2. The molecule has 0 atom stereocenters. The van der Waals surface area contributed by atoms with Crippen LogP contribution in [0.5, 0.6) is 0 Å². The highest BCUT2D eigenvalue weighted by atomic mass is 35.5. The van der Waals surface area contributed by atoms with Gasteiger partial charge in [-0.1, -0.05) is 11.6 Å². The maximum Gasteiger partial charge on any atom is 0.238 e. The monoisotopic (exact) mass is 320 g/mol. The van der Waals surface area contributed by atoms with Gasteiger partial charge in [-0.3, -0.25) is 14.5 Å². The van der Waals surface area contributed by atoms with Crippen LogP contribution in [-0.4, -0.2) is 54.3 Å². The summed E-state index contributed by atoms with van der Waals surface area (Å²) in [4.78, 5) is 27.1. The van der Waals surface area contributed by atoms with Crippen molar-refractivity contribution in [1.29, 1.82) is 5.26 Å². The smallest absolute Gasteiger partial charge is 0.238 e. The number of piperazine rings is 1. The average Bonchev–Trinajstić information content (AvgIpc) is 2.48. The van der Waals surface area contributed by atoms with E-state index in [9.17, 15) is 9.59 Å². The maximum absolute atomic E-state index is 12.1. The lowest BCUT2D eigenvalue weighted by atomic mass is 10.2. The molecule has 1 aliphatic heterocycles. The first kappa shape index (κ1) is 16.3. The fourth-order valence-electron chi connectivity index (χ4n) is 2.33. The summed E-state index contributed by atoms with van der Waals surface area (Å²) in [5, 5.41) is 12.2. The highest BCUT2D eigenvalue weighted by Crippen LogP contribution is 2.20. The van der Waals surface area contributed by atoms with E-state index < -0.39 is 0 Å². The summed E-state index contributed by atoms with van der Waals surface area (Å²) in [5.41, 5.74) is 0.793. The Kier molecular flexibility index (Phi) is 5.36. The van der Waals surface area contributed by atoms with Gasteiger partial charge in [0.05, 0.1) is 17.8 Å². The third-order valence-electron chi connectivity index (χ3n) is 3.56. The molecule has 0 aromatic heterocycles. The van der Waals surface area contributed by atoms with Crippen LogP contribution in [0, 0.1) is 11.3 Å². The fourth-order valence-corrected chi connectivity index (χ4v) is 2.50. The van der Waals surface area contributed by atoms with Crippen molar-refractivity contribution in [3.8, 4) is 6.07 Å². The van der Waals surface area contributed by atoms with Crippen molar-refractivity contribution in [2.75, 3.05) is 38.0 Å².